The lowest BCUT2D eigenvalue weighted by atomic mass is 9.90. The third kappa shape index (κ3) is 5.60. The fourth-order valence-electron chi connectivity index (χ4n) is 1.77. The molecule has 1 aromatic heterocycles. The topological polar surface area (TPSA) is 37.0 Å². The van der Waals surface area contributed by atoms with Gasteiger partial charge in [-0.05, 0) is 31.5 Å². The first-order valence-electron chi connectivity index (χ1n) is 7.20. The molecule has 1 rings (SSSR count). The molecule has 0 aliphatic rings. The van der Waals surface area contributed by atoms with Gasteiger partial charge in [-0.1, -0.05) is 34.6 Å². The zero-order chi connectivity index (χ0) is 14.6. The molecule has 0 saturated heterocycles. The van der Waals surface area contributed by atoms with Crippen molar-refractivity contribution in [1.29, 1.82) is 0 Å². The number of anilines is 1. The quantitative estimate of drug-likeness (QED) is 0.850. The molecule has 3 heteroatoms. The Morgan fingerprint density at radius 2 is 1.68 bits per heavy atom. The minimum atomic E-state index is 0.0707. The van der Waals surface area contributed by atoms with Gasteiger partial charge in [-0.3, -0.25) is 0 Å². The second kappa shape index (κ2) is 6.38. The molecule has 0 unspecified atom stereocenters. The van der Waals surface area contributed by atoms with Gasteiger partial charge in [0.15, 0.2) is 0 Å². The summed E-state index contributed by atoms with van der Waals surface area (Å²) in [6, 6.07) is 5.24. The number of pyridine rings is 1. The highest BCUT2D eigenvalue weighted by Crippen LogP contribution is 2.23. The maximum Gasteiger partial charge on any atom is 0.126 e. The highest BCUT2D eigenvalue weighted by atomic mass is 15.0. The van der Waals surface area contributed by atoms with Gasteiger partial charge in [0, 0.05) is 29.7 Å². The largest absolute Gasteiger partial charge is 0.368 e. The molecule has 2 N–H and O–H groups in total. The Morgan fingerprint density at radius 3 is 2.16 bits per heavy atom. The van der Waals surface area contributed by atoms with Gasteiger partial charge in [-0.15, -0.1) is 0 Å². The smallest absolute Gasteiger partial charge is 0.126 e. The molecule has 0 radical (unpaired) electrons. The predicted molar refractivity (Wildman–Crippen MR) is 83.7 cm³/mol. The third-order valence-corrected chi connectivity index (χ3v) is 2.80. The van der Waals surface area contributed by atoms with Crippen LogP contribution in [0.2, 0.25) is 0 Å². The Bertz CT molecular complexity index is 403. The first-order chi connectivity index (χ1) is 8.68. The molecular weight excluding hydrogens is 234 g/mol. The van der Waals surface area contributed by atoms with Gasteiger partial charge in [0.25, 0.3) is 0 Å². The van der Waals surface area contributed by atoms with Crippen LogP contribution < -0.4 is 10.6 Å². The van der Waals surface area contributed by atoms with E-state index in [9.17, 15) is 0 Å². The van der Waals surface area contributed by atoms with Crippen molar-refractivity contribution in [3.8, 4) is 0 Å². The Morgan fingerprint density at radius 1 is 1.05 bits per heavy atom. The Labute approximate surface area is 118 Å². The second-order valence-electron chi connectivity index (χ2n) is 6.83. The summed E-state index contributed by atoms with van der Waals surface area (Å²) < 4.78 is 0. The van der Waals surface area contributed by atoms with Crippen LogP contribution in [0.3, 0.4) is 0 Å². The molecule has 0 aliphatic carbocycles. The molecule has 0 saturated carbocycles. The summed E-state index contributed by atoms with van der Waals surface area (Å²) >= 11 is 0. The van der Waals surface area contributed by atoms with E-state index in [1.807, 2.05) is 0 Å². The molecule has 0 amide bonds. The zero-order valence-corrected chi connectivity index (χ0v) is 13.5. The summed E-state index contributed by atoms with van der Waals surface area (Å²) in [7, 11) is 0. The fourth-order valence-corrected chi connectivity index (χ4v) is 1.77. The monoisotopic (exact) mass is 263 g/mol. The highest BCUT2D eigenvalue weighted by Gasteiger charge is 2.17. The van der Waals surface area contributed by atoms with Gasteiger partial charge in [0.1, 0.15) is 5.82 Å². The maximum atomic E-state index is 4.73. The number of hydrogen-bond acceptors (Lipinski definition) is 3. The van der Waals surface area contributed by atoms with E-state index in [1.54, 1.807) is 0 Å². The standard InChI is InChI=1S/C16H29N3/c1-11(2)17-10-13-8-14(16(5,6)7)19-15(9-13)18-12(3)4/h8-9,11-12,17H,10H2,1-7H3,(H,18,19). The molecule has 0 fully saturated rings. The van der Waals surface area contributed by atoms with Crippen LogP contribution in [0, 0.1) is 0 Å². The Kier molecular flexibility index (Phi) is 5.36. The lowest BCUT2D eigenvalue weighted by Crippen LogP contribution is -2.23. The number of aromatic nitrogens is 1. The normalized spacial score (nSPS) is 12.3. The van der Waals surface area contributed by atoms with Gasteiger partial charge in [-0.2, -0.15) is 0 Å². The SMILES string of the molecule is CC(C)NCc1cc(NC(C)C)nc(C(C)(C)C)c1. The molecule has 1 heterocycles. The van der Waals surface area contributed by atoms with Gasteiger partial charge in [0.2, 0.25) is 0 Å². The van der Waals surface area contributed by atoms with Crippen molar-refractivity contribution in [1.82, 2.24) is 10.3 Å². The Hall–Kier alpha value is -1.09. The number of hydrogen-bond donors (Lipinski definition) is 2. The van der Waals surface area contributed by atoms with Gasteiger partial charge >= 0.3 is 0 Å². The van der Waals surface area contributed by atoms with Crippen LogP contribution in [0.15, 0.2) is 12.1 Å². The van der Waals surface area contributed by atoms with Crippen molar-refractivity contribution >= 4 is 5.82 Å². The van der Waals surface area contributed by atoms with E-state index in [0.717, 1.165) is 18.1 Å². The van der Waals surface area contributed by atoms with Crippen LogP contribution in [0.1, 0.15) is 59.7 Å². The minimum Gasteiger partial charge on any atom is -0.368 e. The van der Waals surface area contributed by atoms with Crippen molar-refractivity contribution in [2.45, 2.75) is 72.5 Å². The van der Waals surface area contributed by atoms with E-state index in [2.05, 4.69) is 71.2 Å². The number of nitrogens with zero attached hydrogens (tertiary/aromatic N) is 1. The second-order valence-corrected chi connectivity index (χ2v) is 6.83. The van der Waals surface area contributed by atoms with Crippen LogP contribution in [0.25, 0.3) is 0 Å². The molecular formula is C16H29N3. The molecule has 108 valence electrons. The number of nitrogens with one attached hydrogen (secondary N) is 2. The van der Waals surface area contributed by atoms with Crippen molar-refractivity contribution < 1.29 is 0 Å². The van der Waals surface area contributed by atoms with Gasteiger partial charge in [0.05, 0.1) is 0 Å². The molecule has 1 aromatic rings. The van der Waals surface area contributed by atoms with Crippen LogP contribution in [-0.2, 0) is 12.0 Å². The van der Waals surface area contributed by atoms with Crippen molar-refractivity contribution in [2.75, 3.05) is 5.32 Å². The Balaban J connectivity index is 3.02. The summed E-state index contributed by atoms with van der Waals surface area (Å²) in [5.41, 5.74) is 2.50. The highest BCUT2D eigenvalue weighted by molar-refractivity contribution is 5.41. The van der Waals surface area contributed by atoms with E-state index >= 15 is 0 Å². The number of rotatable bonds is 5. The van der Waals surface area contributed by atoms with Gasteiger partial charge in [-0.25, -0.2) is 4.98 Å². The minimum absolute atomic E-state index is 0.0707. The fraction of sp³-hybridized carbons (Fsp3) is 0.688. The van der Waals surface area contributed by atoms with E-state index in [4.69, 9.17) is 4.98 Å². The summed E-state index contributed by atoms with van der Waals surface area (Å²) in [5.74, 6) is 0.975. The lowest BCUT2D eigenvalue weighted by molar-refractivity contribution is 0.561. The first-order valence-corrected chi connectivity index (χ1v) is 7.20. The van der Waals surface area contributed by atoms with Crippen LogP contribution in [0.5, 0.6) is 0 Å². The van der Waals surface area contributed by atoms with Crippen LogP contribution in [0.4, 0.5) is 5.82 Å². The first kappa shape index (κ1) is 16.0. The molecule has 0 aliphatic heterocycles. The zero-order valence-electron chi connectivity index (χ0n) is 13.5. The van der Waals surface area contributed by atoms with E-state index in [0.29, 0.717) is 12.1 Å². The maximum absolute atomic E-state index is 4.73. The molecule has 3 nitrogen and oxygen atoms in total. The summed E-state index contributed by atoms with van der Waals surface area (Å²) in [6.45, 7) is 16.1. The lowest BCUT2D eigenvalue weighted by Gasteiger charge is -2.21. The molecule has 0 aromatic carbocycles. The van der Waals surface area contributed by atoms with Crippen molar-refractivity contribution in [3.05, 3.63) is 23.4 Å². The van der Waals surface area contributed by atoms with Crippen molar-refractivity contribution in [3.63, 3.8) is 0 Å². The predicted octanol–water partition coefficient (Wildman–Crippen LogP) is 3.70. The summed E-state index contributed by atoms with van der Waals surface area (Å²) in [4.78, 5) is 4.73. The van der Waals surface area contributed by atoms with Crippen LogP contribution >= 0.6 is 0 Å². The summed E-state index contributed by atoms with van der Waals surface area (Å²) in [5, 5.41) is 6.87. The van der Waals surface area contributed by atoms with Crippen LogP contribution in [-0.4, -0.2) is 17.1 Å². The third-order valence-electron chi connectivity index (χ3n) is 2.80. The van der Waals surface area contributed by atoms with E-state index in [1.165, 1.54) is 5.56 Å². The summed E-state index contributed by atoms with van der Waals surface area (Å²) in [6.07, 6.45) is 0. The van der Waals surface area contributed by atoms with E-state index in [-0.39, 0.29) is 5.41 Å². The molecule has 0 bridgehead atoms. The van der Waals surface area contributed by atoms with Gasteiger partial charge < -0.3 is 10.6 Å². The average Bonchev–Trinajstić information content (AvgIpc) is 2.24. The average molecular weight is 263 g/mol. The molecule has 0 atom stereocenters. The molecule has 19 heavy (non-hydrogen) atoms. The molecule has 0 spiro atoms. The van der Waals surface area contributed by atoms with Crippen molar-refractivity contribution in [2.24, 2.45) is 0 Å². The van der Waals surface area contributed by atoms with E-state index < -0.39 is 0 Å².